The summed E-state index contributed by atoms with van der Waals surface area (Å²) in [5.74, 6) is 1.57. The number of carbonyl (C=O) groups is 1. The number of ketones is 1. The molecule has 0 bridgehead atoms. The van der Waals surface area contributed by atoms with Gasteiger partial charge in [0.15, 0.2) is 5.78 Å². The van der Waals surface area contributed by atoms with Gasteiger partial charge in [0.1, 0.15) is 0 Å². The average molecular weight is 250 g/mol. The normalized spacial score (nSPS) is 50.9. The number of allylic oxidation sites excluding steroid dienone is 1. The molecule has 2 saturated carbocycles. The van der Waals surface area contributed by atoms with Crippen molar-refractivity contribution in [3.8, 4) is 0 Å². The van der Waals surface area contributed by atoms with Gasteiger partial charge in [-0.15, -0.1) is 0 Å². The third-order valence-corrected chi connectivity index (χ3v) is 5.84. The first-order valence-corrected chi connectivity index (χ1v) is 6.94. The molecule has 0 aliphatic heterocycles. The number of rotatable bonds is 1. The summed E-state index contributed by atoms with van der Waals surface area (Å²) >= 11 is 0. The number of hydrogen-bond donors (Lipinski definition) is 2. The molecule has 0 saturated heterocycles. The van der Waals surface area contributed by atoms with Crippen molar-refractivity contribution in [2.24, 2.45) is 29.1 Å². The zero-order valence-corrected chi connectivity index (χ0v) is 11.3. The molecular formula is C15H22O3. The van der Waals surface area contributed by atoms with Crippen LogP contribution in [-0.4, -0.2) is 28.7 Å². The molecule has 3 aliphatic rings. The van der Waals surface area contributed by atoms with E-state index in [1.807, 2.05) is 6.92 Å². The molecule has 2 fully saturated rings. The average Bonchev–Trinajstić information content (AvgIpc) is 2.80. The minimum atomic E-state index is -0.448. The van der Waals surface area contributed by atoms with Crippen LogP contribution in [0.25, 0.3) is 0 Å². The van der Waals surface area contributed by atoms with E-state index in [0.717, 1.165) is 17.6 Å². The van der Waals surface area contributed by atoms with Crippen molar-refractivity contribution in [3.63, 3.8) is 0 Å². The third kappa shape index (κ3) is 1.35. The van der Waals surface area contributed by atoms with Crippen LogP contribution in [0.1, 0.15) is 33.6 Å². The SMILES string of the molecule is CC1=C2[C@H]([C@H]3[C@@H](CC1=O)[C@@]3(C)CO)[C@H](C)C[C@H]2O. The van der Waals surface area contributed by atoms with Crippen molar-refractivity contribution >= 4 is 5.78 Å². The van der Waals surface area contributed by atoms with E-state index in [0.29, 0.717) is 30.1 Å². The lowest BCUT2D eigenvalue weighted by Crippen LogP contribution is -2.19. The van der Waals surface area contributed by atoms with Crippen LogP contribution in [0, 0.1) is 29.1 Å². The maximum Gasteiger partial charge on any atom is 0.158 e. The molecule has 0 aromatic carbocycles. The van der Waals surface area contributed by atoms with Crippen molar-refractivity contribution in [3.05, 3.63) is 11.1 Å². The second-order valence-corrected chi connectivity index (χ2v) is 6.76. The summed E-state index contributed by atoms with van der Waals surface area (Å²) in [5, 5.41) is 19.8. The molecule has 0 heterocycles. The highest BCUT2D eigenvalue weighted by atomic mass is 16.3. The Labute approximate surface area is 108 Å². The van der Waals surface area contributed by atoms with Gasteiger partial charge in [-0.2, -0.15) is 0 Å². The molecular weight excluding hydrogens is 228 g/mol. The van der Waals surface area contributed by atoms with Gasteiger partial charge < -0.3 is 10.2 Å². The van der Waals surface area contributed by atoms with Gasteiger partial charge in [0, 0.05) is 13.0 Å². The molecule has 0 unspecified atom stereocenters. The van der Waals surface area contributed by atoms with Crippen molar-refractivity contribution in [1.29, 1.82) is 0 Å². The molecule has 18 heavy (non-hydrogen) atoms. The fourth-order valence-corrected chi connectivity index (χ4v) is 4.66. The molecule has 0 aromatic rings. The van der Waals surface area contributed by atoms with E-state index in [1.54, 1.807) is 0 Å². The molecule has 3 rings (SSSR count). The first-order valence-electron chi connectivity index (χ1n) is 6.94. The fraction of sp³-hybridized carbons (Fsp3) is 0.800. The summed E-state index contributed by atoms with van der Waals surface area (Å²) in [6.45, 7) is 6.27. The van der Waals surface area contributed by atoms with Gasteiger partial charge in [0.05, 0.1) is 6.10 Å². The summed E-state index contributed by atoms with van der Waals surface area (Å²) in [6, 6.07) is 0. The van der Waals surface area contributed by atoms with Crippen molar-refractivity contribution in [2.45, 2.75) is 39.7 Å². The molecule has 3 aliphatic carbocycles. The Morgan fingerprint density at radius 1 is 1.44 bits per heavy atom. The monoisotopic (exact) mass is 250 g/mol. The summed E-state index contributed by atoms with van der Waals surface area (Å²) in [7, 11) is 0. The molecule has 3 nitrogen and oxygen atoms in total. The van der Waals surface area contributed by atoms with Crippen LogP contribution < -0.4 is 0 Å². The first kappa shape index (κ1) is 12.4. The van der Waals surface area contributed by atoms with Crippen LogP contribution in [0.3, 0.4) is 0 Å². The van der Waals surface area contributed by atoms with Crippen LogP contribution in [-0.2, 0) is 4.79 Å². The number of aliphatic hydroxyl groups excluding tert-OH is 2. The molecule has 100 valence electrons. The van der Waals surface area contributed by atoms with Crippen molar-refractivity contribution in [1.82, 2.24) is 0 Å². The molecule has 2 N–H and O–H groups in total. The van der Waals surface area contributed by atoms with Gasteiger partial charge in [0.2, 0.25) is 0 Å². The van der Waals surface area contributed by atoms with Crippen LogP contribution in [0.15, 0.2) is 11.1 Å². The summed E-state index contributed by atoms with van der Waals surface area (Å²) in [6.07, 6.45) is 0.860. The second kappa shape index (κ2) is 3.67. The van der Waals surface area contributed by atoms with Gasteiger partial charge in [-0.1, -0.05) is 13.8 Å². The highest BCUT2D eigenvalue weighted by Gasteiger charge is 2.67. The van der Waals surface area contributed by atoms with Gasteiger partial charge in [0.25, 0.3) is 0 Å². The van der Waals surface area contributed by atoms with Crippen LogP contribution in [0.5, 0.6) is 0 Å². The first-order chi connectivity index (χ1) is 8.41. The Balaban J connectivity index is 2.07. The summed E-state index contributed by atoms with van der Waals surface area (Å²) in [4.78, 5) is 12.2. The predicted molar refractivity (Wildman–Crippen MR) is 67.8 cm³/mol. The Morgan fingerprint density at radius 2 is 2.11 bits per heavy atom. The van der Waals surface area contributed by atoms with Gasteiger partial charge in [-0.3, -0.25) is 4.79 Å². The van der Waals surface area contributed by atoms with E-state index in [4.69, 9.17) is 0 Å². The molecule has 0 radical (unpaired) electrons. The predicted octanol–water partition coefficient (Wildman–Crippen LogP) is 1.54. The van der Waals surface area contributed by atoms with Crippen molar-refractivity contribution in [2.75, 3.05) is 6.61 Å². The highest BCUT2D eigenvalue weighted by Crippen LogP contribution is 2.69. The number of hydrogen-bond acceptors (Lipinski definition) is 3. The maximum atomic E-state index is 12.2. The largest absolute Gasteiger partial charge is 0.396 e. The van der Waals surface area contributed by atoms with Gasteiger partial charge in [-0.05, 0) is 53.6 Å². The highest BCUT2D eigenvalue weighted by molar-refractivity contribution is 5.97. The lowest BCUT2D eigenvalue weighted by molar-refractivity contribution is -0.116. The third-order valence-electron chi connectivity index (χ3n) is 5.84. The van der Waals surface area contributed by atoms with E-state index < -0.39 is 6.10 Å². The minimum Gasteiger partial charge on any atom is -0.396 e. The van der Waals surface area contributed by atoms with E-state index in [9.17, 15) is 15.0 Å². The number of aliphatic hydroxyl groups is 2. The van der Waals surface area contributed by atoms with E-state index in [2.05, 4.69) is 13.8 Å². The van der Waals surface area contributed by atoms with E-state index in [1.165, 1.54) is 0 Å². The Hall–Kier alpha value is -0.670. The van der Waals surface area contributed by atoms with Crippen molar-refractivity contribution < 1.29 is 15.0 Å². The lowest BCUT2D eigenvalue weighted by Gasteiger charge is -2.21. The zero-order valence-electron chi connectivity index (χ0n) is 11.3. The molecule has 0 amide bonds. The van der Waals surface area contributed by atoms with Crippen LogP contribution >= 0.6 is 0 Å². The van der Waals surface area contributed by atoms with Gasteiger partial charge >= 0.3 is 0 Å². The Kier molecular flexibility index (Phi) is 2.52. The number of Topliss-reactive ketones (excluding diaryl/α,β-unsaturated/α-hetero) is 1. The zero-order chi connectivity index (χ0) is 13.2. The Morgan fingerprint density at radius 3 is 2.72 bits per heavy atom. The van der Waals surface area contributed by atoms with E-state index in [-0.39, 0.29) is 17.8 Å². The topological polar surface area (TPSA) is 57.5 Å². The maximum absolute atomic E-state index is 12.2. The summed E-state index contributed by atoms with van der Waals surface area (Å²) < 4.78 is 0. The lowest BCUT2D eigenvalue weighted by atomic mass is 9.84. The van der Waals surface area contributed by atoms with E-state index >= 15 is 0 Å². The minimum absolute atomic E-state index is 0.107. The molecule has 0 aromatic heterocycles. The fourth-order valence-electron chi connectivity index (χ4n) is 4.66. The second-order valence-electron chi connectivity index (χ2n) is 6.76. The molecule has 3 heteroatoms. The molecule has 0 spiro atoms. The van der Waals surface area contributed by atoms with Crippen LogP contribution in [0.2, 0.25) is 0 Å². The standard InChI is InChI=1S/C15H22O3/c1-7-4-11(18)13-8(2)10(17)5-9-14(12(7)13)15(9,3)6-16/h7,9,11-12,14,16,18H,4-6H2,1-3H3/t7-,9-,11-,12-,14-,15-/m1/s1. The van der Waals surface area contributed by atoms with Crippen LogP contribution in [0.4, 0.5) is 0 Å². The number of fused-ring (bicyclic) bond motifs is 3. The molecule has 6 atom stereocenters. The number of carbonyl (C=O) groups excluding carboxylic acids is 1. The quantitative estimate of drug-likeness (QED) is 0.742. The summed E-state index contributed by atoms with van der Waals surface area (Å²) in [5.41, 5.74) is 1.67. The Bertz CT molecular complexity index is 439. The smallest absolute Gasteiger partial charge is 0.158 e. The van der Waals surface area contributed by atoms with Gasteiger partial charge in [-0.25, -0.2) is 0 Å².